The molecule has 0 spiro atoms. The van der Waals surface area contributed by atoms with Gasteiger partial charge in [-0.25, -0.2) is 0 Å². The van der Waals surface area contributed by atoms with E-state index in [1.54, 1.807) is 0 Å². The molecule has 2 aliphatic carbocycles. The topological polar surface area (TPSA) is 631 Å². The average molecular weight is 1280 g/mol. The summed E-state index contributed by atoms with van der Waals surface area (Å²) in [5.41, 5.74) is 60.5. The highest BCUT2D eigenvalue weighted by Crippen LogP contribution is 2.40. The minimum atomic E-state index is -1.59. The first kappa shape index (κ1) is 73.7. The summed E-state index contributed by atoms with van der Waals surface area (Å²) >= 11 is 0. The fourth-order valence-corrected chi connectivity index (χ4v) is 12.8. The van der Waals surface area contributed by atoms with Gasteiger partial charge in [0.1, 0.15) is 103 Å². The summed E-state index contributed by atoms with van der Waals surface area (Å²) < 4.78 is 71.2. The Kier molecular flexibility index (Phi) is 28.6. The minimum Gasteiger partial charge on any atom is -0.396 e. The van der Waals surface area contributed by atoms with Crippen molar-refractivity contribution < 1.29 is 123 Å². The van der Waals surface area contributed by atoms with Crippen LogP contribution in [0.3, 0.4) is 0 Å². The van der Waals surface area contributed by atoms with Crippen molar-refractivity contribution in [3.8, 4) is 0 Å². The first-order chi connectivity index (χ1) is 42.0. The molecule has 34 atom stereocenters. The maximum atomic E-state index is 12.4. The zero-order valence-corrected chi connectivity index (χ0v) is 49.3. The summed E-state index contributed by atoms with van der Waals surface area (Å²) in [5.74, 6) is -1.33. The zero-order chi connectivity index (χ0) is 64.4. The number of rotatable bonds is 25. The predicted octanol–water partition coefficient (Wildman–Crippen LogP) is -12.0. The van der Waals surface area contributed by atoms with Crippen LogP contribution in [0.15, 0.2) is 0 Å². The maximum absolute atomic E-state index is 12.4. The van der Waals surface area contributed by atoms with E-state index in [1.807, 2.05) is 0 Å². The molecular formula is C53H102N10O25. The SMILES string of the molecule is NC[C@@H]1CC[C@@H](N)[C@@H](O[C@H]2[C@H](O[C@@H]3O[C@H](CO)[C@@H](O[C@H]4O[C@@H](CN)[C@@H](O)[C@H](O)[C@H]4N)[C@H]3O)[C@@H](O)[C@H](CC(=O)CCO)C[C@@H]2N)O1.NC[C@@H]1CC[C@@H](N)[C@@H](O[C@H]2[C@H](O[C@@H]3O[C@H](CO)[C@@H](O[C@H]4O[C@@H](CN)[C@@H](O)[C@H](O)[C@H]4N)[C@H]3O)[C@@H](O)[C@H](CCCO)C[C@@H]2N)O1. The first-order valence-corrected chi connectivity index (χ1v) is 30.6. The van der Waals surface area contributed by atoms with Crippen LogP contribution >= 0.6 is 0 Å². The van der Waals surface area contributed by atoms with Gasteiger partial charge >= 0.3 is 0 Å². The van der Waals surface area contributed by atoms with Gasteiger partial charge in [-0.2, -0.15) is 0 Å². The Hall–Kier alpha value is -1.69. The quantitative estimate of drug-likeness (QED) is 0.0404. The molecule has 8 rings (SSSR count). The highest BCUT2D eigenvalue weighted by atomic mass is 16.8. The van der Waals surface area contributed by atoms with E-state index in [0.717, 1.165) is 0 Å². The first-order valence-electron chi connectivity index (χ1n) is 30.6. The zero-order valence-electron chi connectivity index (χ0n) is 49.3. The van der Waals surface area contributed by atoms with E-state index in [0.29, 0.717) is 44.9 Å². The van der Waals surface area contributed by atoms with Gasteiger partial charge in [0.2, 0.25) is 0 Å². The van der Waals surface area contributed by atoms with Crippen molar-refractivity contribution in [1.82, 2.24) is 0 Å². The van der Waals surface area contributed by atoms with Crippen molar-refractivity contribution in [1.29, 1.82) is 0 Å². The molecule has 32 N–H and O–H groups in total. The number of aliphatic hydroxyl groups excluding tert-OH is 12. The lowest BCUT2D eigenvalue weighted by Crippen LogP contribution is -2.64. The largest absolute Gasteiger partial charge is 0.396 e. The number of carbonyl (C=O) groups is 1. The molecule has 35 heteroatoms. The van der Waals surface area contributed by atoms with E-state index in [2.05, 4.69) is 0 Å². The van der Waals surface area contributed by atoms with Crippen molar-refractivity contribution in [3.05, 3.63) is 0 Å². The van der Waals surface area contributed by atoms with Crippen molar-refractivity contribution in [2.24, 2.45) is 69.2 Å². The normalized spacial score (nSPS) is 48.4. The van der Waals surface area contributed by atoms with Gasteiger partial charge in [0, 0.05) is 64.3 Å². The lowest BCUT2D eigenvalue weighted by Gasteiger charge is -2.46. The van der Waals surface area contributed by atoms with E-state index in [-0.39, 0.29) is 82.6 Å². The number of nitrogens with two attached hydrogens (primary N) is 10. The number of aliphatic hydroxyl groups is 12. The Morgan fingerprint density at radius 1 is 0.386 bits per heavy atom. The molecule has 6 saturated heterocycles. The van der Waals surface area contributed by atoms with Crippen molar-refractivity contribution in [3.63, 3.8) is 0 Å². The van der Waals surface area contributed by atoms with Gasteiger partial charge in [-0.3, -0.25) is 4.79 Å². The second-order valence-corrected chi connectivity index (χ2v) is 24.3. The molecule has 6 aliphatic heterocycles. The van der Waals surface area contributed by atoms with Crippen molar-refractivity contribution in [2.45, 2.75) is 260 Å². The van der Waals surface area contributed by atoms with Crippen LogP contribution in [0.5, 0.6) is 0 Å². The lowest BCUT2D eigenvalue weighted by molar-refractivity contribution is -0.292. The van der Waals surface area contributed by atoms with Crippen LogP contribution in [-0.2, 0) is 61.6 Å². The second-order valence-electron chi connectivity index (χ2n) is 24.3. The molecule has 35 nitrogen and oxygen atoms in total. The number of hydrogen-bond donors (Lipinski definition) is 22. The van der Waals surface area contributed by atoms with Gasteiger partial charge in [0.05, 0.1) is 61.8 Å². The highest BCUT2D eigenvalue weighted by Gasteiger charge is 2.57. The summed E-state index contributed by atoms with van der Waals surface area (Å²) in [4.78, 5) is 12.4. The predicted molar refractivity (Wildman–Crippen MR) is 300 cm³/mol. The Morgan fingerprint density at radius 3 is 1.16 bits per heavy atom. The molecule has 88 heavy (non-hydrogen) atoms. The average Bonchev–Trinajstić information content (AvgIpc) is 1.87. The Morgan fingerprint density at radius 2 is 0.773 bits per heavy atom. The fraction of sp³-hybridized carbons (Fsp3) is 0.981. The minimum absolute atomic E-state index is 0.0705. The number of Topliss-reactive ketones (excluding diaryl/α,β-unsaturated/α-hetero) is 1. The third-order valence-corrected chi connectivity index (χ3v) is 18.1. The second kappa shape index (κ2) is 34.1. The summed E-state index contributed by atoms with van der Waals surface area (Å²) in [6.07, 6.45) is -26.7. The Labute approximate surface area is 509 Å². The third-order valence-electron chi connectivity index (χ3n) is 18.1. The monoisotopic (exact) mass is 1280 g/mol. The molecule has 8 fully saturated rings. The molecule has 6 heterocycles. The van der Waals surface area contributed by atoms with Crippen LogP contribution < -0.4 is 57.3 Å². The van der Waals surface area contributed by atoms with E-state index in [9.17, 15) is 66.1 Å². The van der Waals surface area contributed by atoms with Crippen LogP contribution in [-0.4, -0.2) is 316 Å². The summed E-state index contributed by atoms with van der Waals surface area (Å²) in [5, 5.41) is 125. The summed E-state index contributed by atoms with van der Waals surface area (Å²) in [6, 6.07) is -4.87. The van der Waals surface area contributed by atoms with Gasteiger partial charge in [-0.15, -0.1) is 0 Å². The summed E-state index contributed by atoms with van der Waals surface area (Å²) in [7, 11) is 0. The molecule has 0 radical (unpaired) electrons. The number of ketones is 1. The Balaban J connectivity index is 0.000000251. The van der Waals surface area contributed by atoms with Crippen LogP contribution in [0.25, 0.3) is 0 Å². The molecule has 2 saturated carbocycles. The number of carbonyl (C=O) groups excluding carboxylic acids is 1. The van der Waals surface area contributed by atoms with Gasteiger partial charge < -0.3 is 175 Å². The highest BCUT2D eigenvalue weighted by molar-refractivity contribution is 5.78. The van der Waals surface area contributed by atoms with Crippen molar-refractivity contribution in [2.75, 3.05) is 52.6 Å². The van der Waals surface area contributed by atoms with Crippen LogP contribution in [0.4, 0.5) is 0 Å². The molecule has 0 bridgehead atoms. The third kappa shape index (κ3) is 17.4. The van der Waals surface area contributed by atoms with E-state index in [4.69, 9.17) is 114 Å². The maximum Gasteiger partial charge on any atom is 0.187 e. The van der Waals surface area contributed by atoms with Crippen molar-refractivity contribution >= 4 is 5.78 Å². The van der Waals surface area contributed by atoms with E-state index < -0.39 is 203 Å². The number of hydrogen-bond acceptors (Lipinski definition) is 35. The number of ether oxygens (including phenoxy) is 12. The van der Waals surface area contributed by atoms with Crippen LogP contribution in [0.1, 0.15) is 64.2 Å². The van der Waals surface area contributed by atoms with E-state index in [1.165, 1.54) is 0 Å². The lowest BCUT2D eigenvalue weighted by atomic mass is 9.77. The molecule has 8 aliphatic rings. The fourth-order valence-electron chi connectivity index (χ4n) is 12.8. The van der Waals surface area contributed by atoms with Crippen LogP contribution in [0, 0.1) is 11.8 Å². The molecule has 0 amide bonds. The standard InChI is InChI=1S/C27H51N5O13.C26H51N5O12/c28-7-12-1-2-13(30)25(40-12)43-22-14(31)6-10(5-11(35)3-4-33)18(36)24(22)45-27-21(39)23(16(9-34)42-27)44-26-17(32)20(38)19(37)15(8-29)41-26;27-7-11-3-4-12(29)24(38-11)41-21-13(30)6-10(2-1-5-32)17(34)23(21)43-26-20(37)22(15(9-33)40-26)42-25-16(31)19(36)18(35)14(8-28)39-25/h10,12-27,33-34,36-39H,1-9,28-32H2;10-26,32-37H,1-9,27-31H2/t10-,12+,13-,14+,15+,16-,17-,18+,19-,20-,21-,22-,23-,24-,25-,26-,27+;10-,11+,12-,13+,14+,15-,16-,17+,18-,19-,20-,21-,22-,23-,24-,25-,26+/m11/s1. The molecule has 514 valence electrons. The molecule has 0 aromatic heterocycles. The molecular weight excluding hydrogens is 1180 g/mol. The van der Waals surface area contributed by atoms with Gasteiger partial charge in [0.25, 0.3) is 0 Å². The van der Waals surface area contributed by atoms with Gasteiger partial charge in [-0.05, 0) is 63.2 Å². The molecule has 0 aromatic carbocycles. The molecule has 0 aromatic rings. The smallest absolute Gasteiger partial charge is 0.187 e. The summed E-state index contributed by atoms with van der Waals surface area (Å²) in [6.45, 7) is -1.42. The van der Waals surface area contributed by atoms with Gasteiger partial charge in [-0.1, -0.05) is 0 Å². The van der Waals surface area contributed by atoms with E-state index >= 15 is 0 Å². The van der Waals surface area contributed by atoms with Gasteiger partial charge in [0.15, 0.2) is 37.7 Å². The Bertz CT molecular complexity index is 2070. The van der Waals surface area contributed by atoms with Crippen LogP contribution in [0.2, 0.25) is 0 Å². The molecule has 0 unspecified atom stereocenters.